The van der Waals surface area contributed by atoms with Gasteiger partial charge in [0, 0.05) is 11.1 Å². The number of hydrogen-bond acceptors (Lipinski definition) is 3. The first kappa shape index (κ1) is 11.9. The highest BCUT2D eigenvalue weighted by Gasteiger charge is 2.07. The van der Waals surface area contributed by atoms with Gasteiger partial charge in [-0.05, 0) is 42.9 Å². The minimum atomic E-state index is 0.688. The van der Waals surface area contributed by atoms with Crippen LogP contribution in [0.4, 0.5) is 0 Å². The summed E-state index contributed by atoms with van der Waals surface area (Å²) in [6.07, 6.45) is 1.85. The van der Waals surface area contributed by atoms with Crippen molar-refractivity contribution in [1.82, 2.24) is 14.5 Å². The highest BCUT2D eigenvalue weighted by molar-refractivity contribution is 7.71. The van der Waals surface area contributed by atoms with Crippen LogP contribution in [0.1, 0.15) is 10.4 Å². The lowest BCUT2D eigenvalue weighted by Crippen LogP contribution is -1.98. The number of nitrogens with one attached hydrogen (secondary N) is 1. The minimum absolute atomic E-state index is 0.688. The average molecular weight is 296 g/mol. The number of halogens is 1. The second-order valence-electron chi connectivity index (χ2n) is 4.11. The number of rotatable bonds is 2. The first-order valence-corrected chi connectivity index (χ1v) is 7.03. The summed E-state index contributed by atoms with van der Waals surface area (Å²) in [6, 6.07) is 5.97. The Balaban J connectivity index is 2.11. The molecule has 0 saturated carbocycles. The molecule has 0 saturated heterocycles. The zero-order chi connectivity index (χ0) is 12.7. The van der Waals surface area contributed by atoms with E-state index < -0.39 is 0 Å². The summed E-state index contributed by atoms with van der Waals surface area (Å²) in [5.74, 6) is 0. The Morgan fingerprint density at radius 2 is 2.33 bits per heavy atom. The van der Waals surface area contributed by atoms with Crippen molar-refractivity contribution in [3.63, 3.8) is 0 Å². The van der Waals surface area contributed by atoms with Gasteiger partial charge in [-0.25, -0.2) is 4.98 Å². The predicted molar refractivity (Wildman–Crippen MR) is 78.1 cm³/mol. The fourth-order valence-electron chi connectivity index (χ4n) is 1.89. The van der Waals surface area contributed by atoms with E-state index in [4.69, 9.17) is 23.8 Å². The van der Waals surface area contributed by atoms with Crippen LogP contribution in [-0.4, -0.2) is 14.5 Å². The van der Waals surface area contributed by atoms with E-state index in [9.17, 15) is 0 Å². The molecule has 0 atom stereocenters. The predicted octanol–water partition coefficient (Wildman–Crippen LogP) is 4.17. The van der Waals surface area contributed by atoms with Crippen molar-refractivity contribution in [2.24, 2.45) is 0 Å². The molecule has 3 aromatic rings. The van der Waals surface area contributed by atoms with Gasteiger partial charge in [0.2, 0.25) is 0 Å². The number of aromatic amines is 1. The molecule has 0 aliphatic rings. The van der Waals surface area contributed by atoms with Gasteiger partial charge in [-0.2, -0.15) is 0 Å². The van der Waals surface area contributed by atoms with Crippen LogP contribution in [-0.2, 0) is 6.54 Å². The van der Waals surface area contributed by atoms with Gasteiger partial charge in [-0.1, -0.05) is 11.6 Å². The Morgan fingerprint density at radius 3 is 3.06 bits per heavy atom. The van der Waals surface area contributed by atoms with Crippen LogP contribution >= 0.6 is 35.2 Å². The quantitative estimate of drug-likeness (QED) is 0.720. The van der Waals surface area contributed by atoms with E-state index in [1.807, 2.05) is 29.8 Å². The van der Waals surface area contributed by atoms with E-state index in [-0.39, 0.29) is 0 Å². The van der Waals surface area contributed by atoms with E-state index >= 15 is 0 Å². The Labute approximate surface area is 118 Å². The lowest BCUT2D eigenvalue weighted by molar-refractivity contribution is 0.813. The first-order valence-electron chi connectivity index (χ1n) is 5.43. The number of H-pyrrole nitrogens is 1. The fraction of sp³-hybridized carbons (Fsp3) is 0.167. The SMILES string of the molecule is Cc1cnc2c(c1)[nH]c(=S)n2Cc1ccc(Cl)s1. The van der Waals surface area contributed by atoms with Crippen LogP contribution in [0.15, 0.2) is 24.4 Å². The maximum atomic E-state index is 5.94. The molecule has 0 unspecified atom stereocenters. The second-order valence-corrected chi connectivity index (χ2v) is 6.29. The number of nitrogens with zero attached hydrogens (tertiary/aromatic N) is 2. The molecule has 3 nitrogen and oxygen atoms in total. The molecule has 18 heavy (non-hydrogen) atoms. The highest BCUT2D eigenvalue weighted by atomic mass is 35.5. The molecule has 3 heterocycles. The molecule has 92 valence electrons. The lowest BCUT2D eigenvalue weighted by Gasteiger charge is -2.01. The van der Waals surface area contributed by atoms with E-state index in [0.29, 0.717) is 11.3 Å². The smallest absolute Gasteiger partial charge is 0.179 e. The van der Waals surface area contributed by atoms with E-state index in [1.54, 1.807) is 11.3 Å². The summed E-state index contributed by atoms with van der Waals surface area (Å²) in [6.45, 7) is 2.71. The molecule has 0 bridgehead atoms. The van der Waals surface area contributed by atoms with E-state index in [0.717, 1.165) is 21.1 Å². The zero-order valence-electron chi connectivity index (χ0n) is 9.61. The first-order chi connectivity index (χ1) is 8.63. The monoisotopic (exact) mass is 295 g/mol. The summed E-state index contributed by atoms with van der Waals surface area (Å²) in [5.41, 5.74) is 2.97. The molecule has 0 aliphatic heterocycles. The minimum Gasteiger partial charge on any atom is -0.329 e. The van der Waals surface area contributed by atoms with Crippen molar-refractivity contribution in [2.75, 3.05) is 0 Å². The third-order valence-corrected chi connectivity index (χ3v) is 4.23. The van der Waals surface area contributed by atoms with Crippen LogP contribution in [0.25, 0.3) is 11.2 Å². The highest BCUT2D eigenvalue weighted by Crippen LogP contribution is 2.23. The maximum absolute atomic E-state index is 5.94. The number of thiophene rings is 1. The molecule has 0 aromatic carbocycles. The number of fused-ring (bicyclic) bond motifs is 1. The standard InChI is InChI=1S/C12H10ClN3S2/c1-7-4-9-11(14-5-7)16(12(17)15-9)6-8-2-3-10(13)18-8/h2-5H,6H2,1H3,(H,15,17). The van der Waals surface area contributed by atoms with Gasteiger partial charge in [0.1, 0.15) is 0 Å². The lowest BCUT2D eigenvalue weighted by atomic mass is 10.3. The number of pyridine rings is 1. The molecule has 6 heteroatoms. The van der Waals surface area contributed by atoms with Gasteiger partial charge in [-0.3, -0.25) is 4.57 Å². The van der Waals surface area contributed by atoms with Crippen molar-refractivity contribution in [3.05, 3.63) is 43.9 Å². The Hall–Kier alpha value is -1.17. The van der Waals surface area contributed by atoms with Crippen LogP contribution < -0.4 is 0 Å². The molecule has 0 aliphatic carbocycles. The molecule has 1 N–H and O–H groups in total. The van der Waals surface area contributed by atoms with Gasteiger partial charge in [0.25, 0.3) is 0 Å². The van der Waals surface area contributed by atoms with Crippen molar-refractivity contribution < 1.29 is 0 Å². The molecule has 3 rings (SSSR count). The number of aryl methyl sites for hydroxylation is 1. The topological polar surface area (TPSA) is 33.6 Å². The third kappa shape index (κ3) is 2.09. The van der Waals surface area contributed by atoms with Crippen molar-refractivity contribution >= 4 is 46.3 Å². The van der Waals surface area contributed by atoms with E-state index in [2.05, 4.69) is 16.0 Å². The Kier molecular flexibility index (Phi) is 2.97. The number of hydrogen-bond donors (Lipinski definition) is 1. The molecule has 0 fully saturated rings. The van der Waals surface area contributed by atoms with Crippen LogP contribution in [0.3, 0.4) is 0 Å². The summed E-state index contributed by atoms with van der Waals surface area (Å²) < 4.78 is 3.47. The van der Waals surface area contributed by atoms with Gasteiger partial charge in [0.15, 0.2) is 10.4 Å². The van der Waals surface area contributed by atoms with Gasteiger partial charge in [0.05, 0.1) is 16.4 Å². The van der Waals surface area contributed by atoms with Crippen LogP contribution in [0.5, 0.6) is 0 Å². The normalized spacial score (nSPS) is 11.2. The third-order valence-electron chi connectivity index (χ3n) is 2.69. The Morgan fingerprint density at radius 1 is 1.50 bits per heavy atom. The zero-order valence-corrected chi connectivity index (χ0v) is 12.0. The van der Waals surface area contributed by atoms with Crippen molar-refractivity contribution in [2.45, 2.75) is 13.5 Å². The average Bonchev–Trinajstić information content (AvgIpc) is 2.84. The second kappa shape index (κ2) is 4.50. The number of aromatic nitrogens is 3. The summed E-state index contributed by atoms with van der Waals surface area (Å²) >= 11 is 12.8. The van der Waals surface area contributed by atoms with Crippen LogP contribution in [0, 0.1) is 11.7 Å². The van der Waals surface area contributed by atoms with Crippen molar-refractivity contribution in [1.29, 1.82) is 0 Å². The molecule has 0 amide bonds. The number of imidazole rings is 1. The molecule has 0 radical (unpaired) electrons. The van der Waals surface area contributed by atoms with Gasteiger partial charge < -0.3 is 4.98 Å². The maximum Gasteiger partial charge on any atom is 0.179 e. The molecular weight excluding hydrogens is 286 g/mol. The summed E-state index contributed by atoms with van der Waals surface area (Å²) in [4.78, 5) is 8.79. The molecule has 0 spiro atoms. The molecular formula is C12H10ClN3S2. The van der Waals surface area contributed by atoms with E-state index in [1.165, 1.54) is 4.88 Å². The largest absolute Gasteiger partial charge is 0.329 e. The fourth-order valence-corrected chi connectivity index (χ4v) is 3.22. The summed E-state index contributed by atoms with van der Waals surface area (Å²) in [5, 5.41) is 0. The van der Waals surface area contributed by atoms with Crippen molar-refractivity contribution in [3.8, 4) is 0 Å². The van der Waals surface area contributed by atoms with Gasteiger partial charge in [-0.15, -0.1) is 11.3 Å². The van der Waals surface area contributed by atoms with Crippen LogP contribution in [0.2, 0.25) is 4.34 Å². The molecule has 3 aromatic heterocycles. The van der Waals surface area contributed by atoms with Gasteiger partial charge >= 0.3 is 0 Å². The Bertz CT molecular complexity index is 769. The summed E-state index contributed by atoms with van der Waals surface area (Å²) in [7, 11) is 0.